The number of aromatic nitrogens is 2. The van der Waals surface area contributed by atoms with E-state index in [9.17, 15) is 19.2 Å². The molecule has 0 atom stereocenters. The molecular formula is C22H22N6O6S4. The highest BCUT2D eigenvalue weighted by Crippen LogP contribution is 2.42. The Balaban J connectivity index is 1.27. The summed E-state index contributed by atoms with van der Waals surface area (Å²) in [5.41, 5.74) is 0. The molecule has 2 fully saturated rings. The monoisotopic (exact) mass is 594 g/mol. The zero-order valence-electron chi connectivity index (χ0n) is 20.3. The van der Waals surface area contributed by atoms with Crippen LogP contribution < -0.4 is 10.6 Å². The number of nitrogens with zero attached hydrogens (tertiary/aromatic N) is 4. The minimum Gasteiger partial charge on any atom is -0.360 e. The Bertz CT molecular complexity index is 1250. The van der Waals surface area contributed by atoms with Gasteiger partial charge in [0.25, 0.3) is 11.8 Å². The Hall–Kier alpha value is -3.08. The van der Waals surface area contributed by atoms with E-state index in [1.807, 2.05) is 0 Å². The van der Waals surface area contributed by atoms with Crippen LogP contribution in [0.4, 0.5) is 11.6 Å². The van der Waals surface area contributed by atoms with Gasteiger partial charge in [-0.1, -0.05) is 58.3 Å². The van der Waals surface area contributed by atoms with E-state index in [0.29, 0.717) is 44.6 Å². The second-order valence-electron chi connectivity index (χ2n) is 8.26. The van der Waals surface area contributed by atoms with Gasteiger partial charge in [0.1, 0.15) is 20.2 Å². The molecule has 0 aliphatic carbocycles. The van der Waals surface area contributed by atoms with Crippen LogP contribution >= 0.6 is 48.0 Å². The van der Waals surface area contributed by atoms with E-state index in [4.69, 9.17) is 33.5 Å². The molecular weight excluding hydrogens is 573 g/mol. The highest BCUT2D eigenvalue weighted by molar-refractivity contribution is 8.29. The Morgan fingerprint density at radius 3 is 1.55 bits per heavy atom. The molecule has 2 aliphatic heterocycles. The molecule has 2 aromatic rings. The molecule has 0 radical (unpaired) electrons. The van der Waals surface area contributed by atoms with Crippen molar-refractivity contribution in [3.05, 3.63) is 33.5 Å². The number of hydrogen-bond acceptors (Lipinski definition) is 12. The number of nitrogens with one attached hydrogen (secondary N) is 2. The zero-order chi connectivity index (χ0) is 27.4. The van der Waals surface area contributed by atoms with E-state index in [0.717, 1.165) is 23.5 Å². The van der Waals surface area contributed by atoms with Crippen molar-refractivity contribution in [2.24, 2.45) is 0 Å². The summed E-state index contributed by atoms with van der Waals surface area (Å²) in [6, 6.07) is 3.20. The van der Waals surface area contributed by atoms with Crippen LogP contribution in [0.2, 0.25) is 0 Å². The first-order chi connectivity index (χ1) is 18.1. The maximum Gasteiger partial charge on any atom is 0.267 e. The van der Waals surface area contributed by atoms with Crippen molar-refractivity contribution in [3.8, 4) is 0 Å². The molecule has 16 heteroatoms. The Labute approximate surface area is 236 Å². The summed E-state index contributed by atoms with van der Waals surface area (Å²) >= 11 is 12.8. The normalized spacial score (nSPS) is 17.6. The van der Waals surface area contributed by atoms with E-state index in [1.54, 1.807) is 26.0 Å². The molecule has 200 valence electrons. The number of carbonyl (C=O) groups excluding carboxylic acids is 4. The Morgan fingerprint density at radius 1 is 0.816 bits per heavy atom. The molecule has 2 saturated heterocycles. The maximum absolute atomic E-state index is 13.1. The molecule has 0 bridgehead atoms. The predicted molar refractivity (Wildman–Crippen MR) is 149 cm³/mol. The topological polar surface area (TPSA) is 151 Å². The third kappa shape index (κ3) is 6.67. The van der Waals surface area contributed by atoms with Crippen molar-refractivity contribution in [2.45, 2.75) is 39.5 Å². The quantitative estimate of drug-likeness (QED) is 0.307. The minimum absolute atomic E-state index is 0.143. The van der Waals surface area contributed by atoms with Crippen molar-refractivity contribution in [1.82, 2.24) is 20.1 Å². The molecule has 38 heavy (non-hydrogen) atoms. The summed E-state index contributed by atoms with van der Waals surface area (Å²) in [6.45, 7) is 3.87. The summed E-state index contributed by atoms with van der Waals surface area (Å²) in [7, 11) is 0. The van der Waals surface area contributed by atoms with E-state index in [2.05, 4.69) is 20.9 Å². The molecule has 2 aromatic heterocycles. The number of amides is 4. The lowest BCUT2D eigenvalue weighted by atomic mass is 10.2. The van der Waals surface area contributed by atoms with Crippen LogP contribution in [0.5, 0.6) is 0 Å². The average molecular weight is 595 g/mol. The van der Waals surface area contributed by atoms with E-state index >= 15 is 0 Å². The van der Waals surface area contributed by atoms with Crippen molar-refractivity contribution in [3.63, 3.8) is 0 Å². The number of hydrogen-bond donors (Lipinski definition) is 2. The van der Waals surface area contributed by atoms with Gasteiger partial charge in [0.05, 0.1) is 9.81 Å². The van der Waals surface area contributed by atoms with Gasteiger partial charge in [0.15, 0.2) is 11.6 Å². The molecule has 0 saturated carbocycles. The van der Waals surface area contributed by atoms with E-state index < -0.39 is 11.8 Å². The first-order valence-corrected chi connectivity index (χ1v) is 13.9. The van der Waals surface area contributed by atoms with Gasteiger partial charge in [-0.05, 0) is 26.7 Å². The highest BCUT2D eigenvalue weighted by Gasteiger charge is 2.41. The van der Waals surface area contributed by atoms with Crippen molar-refractivity contribution < 1.29 is 28.2 Å². The largest absolute Gasteiger partial charge is 0.360 e. The van der Waals surface area contributed by atoms with Gasteiger partial charge in [0, 0.05) is 38.1 Å². The fourth-order valence-electron chi connectivity index (χ4n) is 3.51. The van der Waals surface area contributed by atoms with Crippen LogP contribution in [-0.2, 0) is 19.2 Å². The Morgan fingerprint density at radius 2 is 1.21 bits per heavy atom. The smallest absolute Gasteiger partial charge is 0.267 e. The molecule has 0 unspecified atom stereocenters. The lowest BCUT2D eigenvalue weighted by Crippen LogP contribution is -2.31. The summed E-state index contributed by atoms with van der Waals surface area (Å²) < 4.78 is 10.4. The summed E-state index contributed by atoms with van der Waals surface area (Å²) in [5, 5.41) is 12.7. The Kier molecular flexibility index (Phi) is 8.96. The second-order valence-corrected chi connectivity index (χ2v) is 11.5. The number of thioether (sulfide) groups is 2. The number of anilines is 2. The van der Waals surface area contributed by atoms with Gasteiger partial charge >= 0.3 is 0 Å². The van der Waals surface area contributed by atoms with E-state index in [1.165, 1.54) is 9.80 Å². The SMILES string of the molecule is Cc1cc(NC(=O)CCCN2C(=O)/C(=C3\SC(=S)N(CCCC(=O)Nc4cc(C)on4)C3=O)SC2=S)no1. The third-order valence-corrected chi connectivity index (χ3v) is 8.29. The lowest BCUT2D eigenvalue weighted by Gasteiger charge is -2.14. The molecule has 0 spiro atoms. The van der Waals surface area contributed by atoms with Gasteiger partial charge < -0.3 is 19.7 Å². The van der Waals surface area contributed by atoms with Gasteiger partial charge in [-0.3, -0.25) is 29.0 Å². The summed E-state index contributed by atoms with van der Waals surface area (Å²) in [6.07, 6.45) is 1.01. The maximum atomic E-state index is 13.1. The first kappa shape index (κ1) is 27.9. The van der Waals surface area contributed by atoms with Crippen LogP contribution in [0.3, 0.4) is 0 Å². The molecule has 4 amide bonds. The first-order valence-electron chi connectivity index (χ1n) is 11.4. The predicted octanol–water partition coefficient (Wildman–Crippen LogP) is 3.35. The van der Waals surface area contributed by atoms with Crippen LogP contribution in [0.1, 0.15) is 37.2 Å². The second kappa shape index (κ2) is 12.2. The van der Waals surface area contributed by atoms with Crippen LogP contribution in [-0.4, -0.2) is 65.5 Å². The van der Waals surface area contributed by atoms with Crippen molar-refractivity contribution in [2.75, 3.05) is 23.7 Å². The number of carbonyl (C=O) groups is 4. The average Bonchev–Trinajstić information content (AvgIpc) is 3.59. The van der Waals surface area contributed by atoms with Crippen LogP contribution in [0.25, 0.3) is 0 Å². The van der Waals surface area contributed by atoms with Gasteiger partial charge in [-0.25, -0.2) is 0 Å². The standard InChI is InChI=1S/C22H22N6O6S4/c1-11-9-13(25-33-11)23-15(29)5-3-7-27-19(31)17(37-21(27)35)18-20(32)28(22(36)38-18)8-4-6-16(30)24-14-10-12(2)34-26-14/h9-10H,3-8H2,1-2H3,(H,23,25,29)(H,24,26,30)/b18-17+. The molecule has 2 N–H and O–H groups in total. The fourth-order valence-corrected chi connectivity index (χ4v) is 6.28. The summed E-state index contributed by atoms with van der Waals surface area (Å²) in [4.78, 5) is 53.6. The van der Waals surface area contributed by atoms with Gasteiger partial charge in [-0.15, -0.1) is 0 Å². The molecule has 12 nitrogen and oxygen atoms in total. The number of aryl methyl sites for hydroxylation is 2. The number of rotatable bonds is 10. The molecule has 2 aliphatic rings. The van der Waals surface area contributed by atoms with Crippen LogP contribution in [0, 0.1) is 13.8 Å². The lowest BCUT2D eigenvalue weighted by molar-refractivity contribution is -0.124. The van der Waals surface area contributed by atoms with E-state index in [-0.39, 0.29) is 47.6 Å². The molecule has 4 heterocycles. The van der Waals surface area contributed by atoms with Crippen molar-refractivity contribution >= 4 is 91.9 Å². The summed E-state index contributed by atoms with van der Waals surface area (Å²) in [5.74, 6) is 0.477. The van der Waals surface area contributed by atoms with Gasteiger partial charge in [0.2, 0.25) is 11.8 Å². The highest BCUT2D eigenvalue weighted by atomic mass is 32.2. The molecule has 0 aromatic carbocycles. The van der Waals surface area contributed by atoms with Gasteiger partial charge in [-0.2, -0.15) is 0 Å². The van der Waals surface area contributed by atoms with Crippen LogP contribution in [0.15, 0.2) is 31.0 Å². The van der Waals surface area contributed by atoms with Crippen molar-refractivity contribution in [1.29, 1.82) is 0 Å². The number of thiocarbonyl (C=S) groups is 2. The third-order valence-electron chi connectivity index (χ3n) is 5.27. The fraction of sp³-hybridized carbons (Fsp3) is 0.364. The minimum atomic E-state index is -0.393. The molecule has 4 rings (SSSR count). The zero-order valence-corrected chi connectivity index (χ0v) is 23.5.